The number of benzene rings is 1. The highest BCUT2D eigenvalue weighted by molar-refractivity contribution is 5.95. The molecule has 3 nitrogen and oxygen atoms in total. The van der Waals surface area contributed by atoms with Crippen molar-refractivity contribution in [1.29, 1.82) is 0 Å². The van der Waals surface area contributed by atoms with Crippen LogP contribution < -0.4 is 10.1 Å². The Bertz CT molecular complexity index is 533. The van der Waals surface area contributed by atoms with Gasteiger partial charge in [-0.15, -0.1) is 0 Å². The molecular weight excluding hydrogens is 271 g/mol. The van der Waals surface area contributed by atoms with Crippen LogP contribution in [-0.2, 0) is 0 Å². The molecule has 1 atom stereocenters. The molecule has 6 heteroatoms. The number of halogens is 3. The number of hydrogen-bond acceptors (Lipinski definition) is 2. The molecule has 1 N–H and O–H groups in total. The molecule has 0 aliphatic heterocycles. The van der Waals surface area contributed by atoms with Gasteiger partial charge in [0.05, 0.1) is 7.11 Å². The maximum Gasteiger partial charge on any atom is 0.270 e. The van der Waals surface area contributed by atoms with Gasteiger partial charge >= 0.3 is 0 Å². The summed E-state index contributed by atoms with van der Waals surface area (Å²) in [7, 11) is 1.27. The van der Waals surface area contributed by atoms with Crippen LogP contribution in [-0.4, -0.2) is 24.5 Å². The van der Waals surface area contributed by atoms with Crippen LogP contribution >= 0.6 is 0 Å². The van der Waals surface area contributed by atoms with Crippen molar-refractivity contribution >= 4 is 5.91 Å². The normalized spacial score (nSPS) is 24.4. The second-order valence-electron chi connectivity index (χ2n) is 5.19. The molecule has 0 heterocycles. The van der Waals surface area contributed by atoms with Crippen molar-refractivity contribution < 1.29 is 22.7 Å². The lowest BCUT2D eigenvalue weighted by Gasteiger charge is -2.32. The van der Waals surface area contributed by atoms with Crippen LogP contribution in [0.1, 0.15) is 36.5 Å². The maximum absolute atomic E-state index is 13.8. The molecule has 1 amide bonds. The van der Waals surface area contributed by atoms with Crippen LogP contribution in [0.5, 0.6) is 5.75 Å². The topological polar surface area (TPSA) is 38.3 Å². The minimum atomic E-state index is -2.94. The molecular formula is C14H16F3NO2. The zero-order chi connectivity index (χ0) is 15.0. The molecule has 1 aliphatic carbocycles. The summed E-state index contributed by atoms with van der Waals surface area (Å²) in [6.07, 6.45) is 0.330. The highest BCUT2D eigenvalue weighted by Gasteiger charge is 2.54. The number of amides is 1. The van der Waals surface area contributed by atoms with Gasteiger partial charge in [-0.25, -0.2) is 13.2 Å². The van der Waals surface area contributed by atoms with E-state index in [1.54, 1.807) is 0 Å². The van der Waals surface area contributed by atoms with Crippen molar-refractivity contribution in [2.24, 2.45) is 0 Å². The first-order valence-corrected chi connectivity index (χ1v) is 6.33. The highest BCUT2D eigenvalue weighted by atomic mass is 19.3. The van der Waals surface area contributed by atoms with E-state index < -0.39 is 23.2 Å². The molecule has 0 radical (unpaired) electrons. The fraction of sp³-hybridized carbons (Fsp3) is 0.500. The lowest BCUT2D eigenvalue weighted by Crippen LogP contribution is -2.55. The van der Waals surface area contributed by atoms with E-state index in [9.17, 15) is 18.0 Å². The van der Waals surface area contributed by atoms with Crippen molar-refractivity contribution in [3.8, 4) is 5.75 Å². The molecule has 0 saturated heterocycles. The monoisotopic (exact) mass is 287 g/mol. The van der Waals surface area contributed by atoms with Gasteiger partial charge in [-0.3, -0.25) is 4.79 Å². The van der Waals surface area contributed by atoms with Gasteiger partial charge in [0, 0.05) is 12.0 Å². The van der Waals surface area contributed by atoms with Gasteiger partial charge < -0.3 is 10.1 Å². The Kier molecular flexibility index (Phi) is 3.67. The van der Waals surface area contributed by atoms with Crippen molar-refractivity contribution in [3.63, 3.8) is 0 Å². The molecule has 0 aromatic heterocycles. The third kappa shape index (κ3) is 2.46. The largest absolute Gasteiger partial charge is 0.494 e. The molecule has 110 valence electrons. The van der Waals surface area contributed by atoms with Gasteiger partial charge in [0.2, 0.25) is 0 Å². The smallest absolute Gasteiger partial charge is 0.270 e. The molecule has 1 unspecified atom stereocenters. The van der Waals surface area contributed by atoms with E-state index >= 15 is 0 Å². The lowest BCUT2D eigenvalue weighted by atomic mass is 9.96. The first kappa shape index (κ1) is 14.7. The fourth-order valence-electron chi connectivity index (χ4n) is 2.40. The van der Waals surface area contributed by atoms with Crippen LogP contribution in [0.3, 0.4) is 0 Å². The predicted octanol–water partition coefficient (Wildman–Crippen LogP) is 3.14. The third-order valence-electron chi connectivity index (χ3n) is 3.78. The Morgan fingerprint density at radius 2 is 2.05 bits per heavy atom. The standard InChI is InChI=1S/C14H16F3NO2/c1-13(6-3-7-14(13,16)17)18-12(19)9-4-5-10(15)11(8-9)20-2/h4-5,8H,3,6-7H2,1-2H3,(H,18,19). The summed E-state index contributed by atoms with van der Waals surface area (Å²) >= 11 is 0. The first-order valence-electron chi connectivity index (χ1n) is 6.33. The Morgan fingerprint density at radius 1 is 1.35 bits per heavy atom. The number of rotatable bonds is 3. The van der Waals surface area contributed by atoms with E-state index in [1.165, 1.54) is 26.2 Å². The summed E-state index contributed by atoms with van der Waals surface area (Å²) in [5.74, 6) is -4.30. The second kappa shape index (κ2) is 5.00. The van der Waals surface area contributed by atoms with E-state index in [1.807, 2.05) is 0 Å². The molecule has 2 rings (SSSR count). The summed E-state index contributed by atoms with van der Waals surface area (Å²) in [5, 5.41) is 2.37. The Morgan fingerprint density at radius 3 is 2.60 bits per heavy atom. The lowest BCUT2D eigenvalue weighted by molar-refractivity contribution is -0.0575. The number of nitrogens with one attached hydrogen (secondary N) is 1. The van der Waals surface area contributed by atoms with Gasteiger partial charge in [0.25, 0.3) is 11.8 Å². The van der Waals surface area contributed by atoms with Crippen LogP contribution in [0.15, 0.2) is 18.2 Å². The van der Waals surface area contributed by atoms with E-state index in [0.29, 0.717) is 6.42 Å². The van der Waals surface area contributed by atoms with Crippen LogP contribution in [0, 0.1) is 5.82 Å². The van der Waals surface area contributed by atoms with Gasteiger partial charge in [0.15, 0.2) is 11.6 Å². The van der Waals surface area contributed by atoms with E-state index in [4.69, 9.17) is 4.74 Å². The highest BCUT2D eigenvalue weighted by Crippen LogP contribution is 2.43. The van der Waals surface area contributed by atoms with Crippen molar-refractivity contribution in [2.75, 3.05) is 7.11 Å². The molecule has 1 aromatic carbocycles. The number of carbonyl (C=O) groups is 1. The fourth-order valence-corrected chi connectivity index (χ4v) is 2.40. The minimum absolute atomic E-state index is 0.0900. The molecule has 1 fully saturated rings. The van der Waals surface area contributed by atoms with Gasteiger partial charge in [-0.1, -0.05) is 0 Å². The van der Waals surface area contributed by atoms with Crippen LogP contribution in [0.4, 0.5) is 13.2 Å². The van der Waals surface area contributed by atoms with E-state index in [2.05, 4.69) is 5.32 Å². The molecule has 1 aliphatic rings. The molecule has 1 aromatic rings. The average molecular weight is 287 g/mol. The van der Waals surface area contributed by atoms with Gasteiger partial charge in [0.1, 0.15) is 5.54 Å². The van der Waals surface area contributed by atoms with Crippen molar-refractivity contribution in [2.45, 2.75) is 37.6 Å². The number of alkyl halides is 2. The van der Waals surface area contributed by atoms with Crippen molar-refractivity contribution in [3.05, 3.63) is 29.6 Å². The summed E-state index contributed by atoms with van der Waals surface area (Å²) < 4.78 is 45.6. The quantitative estimate of drug-likeness (QED) is 0.927. The summed E-state index contributed by atoms with van der Waals surface area (Å²) in [6.45, 7) is 1.33. The van der Waals surface area contributed by atoms with E-state index in [0.717, 1.165) is 6.07 Å². The number of hydrogen-bond donors (Lipinski definition) is 1. The summed E-state index contributed by atoms with van der Waals surface area (Å²) in [4.78, 5) is 12.1. The molecule has 1 saturated carbocycles. The number of methoxy groups -OCH3 is 1. The molecule has 0 spiro atoms. The van der Waals surface area contributed by atoms with Crippen LogP contribution in [0.2, 0.25) is 0 Å². The minimum Gasteiger partial charge on any atom is -0.494 e. The number of carbonyl (C=O) groups excluding carboxylic acids is 1. The average Bonchev–Trinajstić information content (AvgIpc) is 2.63. The molecule has 0 bridgehead atoms. The zero-order valence-corrected chi connectivity index (χ0v) is 11.3. The summed E-state index contributed by atoms with van der Waals surface area (Å²) in [5.41, 5.74) is -1.47. The predicted molar refractivity (Wildman–Crippen MR) is 67.6 cm³/mol. The number of ether oxygens (including phenoxy) is 1. The Labute approximate surface area is 115 Å². The Hall–Kier alpha value is -1.72. The maximum atomic E-state index is 13.8. The molecule has 20 heavy (non-hydrogen) atoms. The van der Waals surface area contributed by atoms with Gasteiger partial charge in [-0.2, -0.15) is 0 Å². The SMILES string of the molecule is COc1cc(C(=O)NC2(C)CCCC2(F)F)ccc1F. The van der Waals surface area contributed by atoms with Gasteiger partial charge in [-0.05, 0) is 38.0 Å². The van der Waals surface area contributed by atoms with Crippen LogP contribution in [0.25, 0.3) is 0 Å². The summed E-state index contributed by atoms with van der Waals surface area (Å²) in [6, 6.07) is 3.51. The second-order valence-corrected chi connectivity index (χ2v) is 5.19. The zero-order valence-electron chi connectivity index (χ0n) is 11.3. The Balaban J connectivity index is 2.20. The first-order chi connectivity index (χ1) is 9.29. The van der Waals surface area contributed by atoms with Crippen molar-refractivity contribution in [1.82, 2.24) is 5.32 Å². The van der Waals surface area contributed by atoms with E-state index in [-0.39, 0.29) is 24.2 Å². The third-order valence-corrected chi connectivity index (χ3v) is 3.78.